The third-order valence-corrected chi connectivity index (χ3v) is 0.383. The Balaban J connectivity index is -0.0000000450. The average Bonchev–Trinajstić information content (AvgIpc) is 1.33. The summed E-state index contributed by atoms with van der Waals surface area (Å²) < 4.78 is 0. The summed E-state index contributed by atoms with van der Waals surface area (Å²) in [6.07, 6.45) is 0. The molecule has 0 aliphatic carbocycles. The fraction of sp³-hybridized carbons (Fsp3) is 0. The second kappa shape index (κ2) is 10.0. The van der Waals surface area contributed by atoms with Crippen LogP contribution in [0.1, 0.15) is 0 Å². The molecule has 1 rings (SSSR count). The number of amides is 4. The van der Waals surface area contributed by atoms with Crippen LogP contribution in [0.25, 0.3) is 10.6 Å². The minimum atomic E-state index is -0.667. The van der Waals surface area contributed by atoms with Gasteiger partial charge in [0, 0.05) is 0 Å². The predicted molar refractivity (Wildman–Crippen MR) is 30.3 cm³/mol. The molecule has 0 saturated carbocycles. The van der Waals surface area contributed by atoms with Crippen LogP contribution in [0.15, 0.2) is 0 Å². The Morgan fingerprint density at radius 2 is 1.00 bits per heavy atom. The molecule has 1 saturated heterocycles. The molecule has 0 atom stereocenters. The van der Waals surface area contributed by atoms with Gasteiger partial charge in [-0.1, -0.05) is 0 Å². The van der Waals surface area contributed by atoms with E-state index in [1.807, 2.05) is 0 Å². The third-order valence-electron chi connectivity index (χ3n) is 0.383. The van der Waals surface area contributed by atoms with Gasteiger partial charge in [-0.3, -0.25) is 0 Å². The minimum Gasteiger partial charge on any atom is -0.628 e. The second-order valence-electron chi connectivity index (χ2n) is 0.789. The maximum absolute atomic E-state index is 9.56. The SMILES string of the molecule is O=C1[N-]C(=O)[N-]1.[CH3-].[CH3-].[U+2].[U+2]. The van der Waals surface area contributed by atoms with Gasteiger partial charge in [-0.25, -0.2) is 0 Å². The van der Waals surface area contributed by atoms with Gasteiger partial charge in [0.05, 0.1) is 0 Å². The van der Waals surface area contributed by atoms with Crippen molar-refractivity contribution in [2.45, 2.75) is 0 Å². The van der Waals surface area contributed by atoms with E-state index in [0.29, 0.717) is 0 Å². The predicted octanol–water partition coefficient (Wildman–Crippen LogP) is 1.89. The summed E-state index contributed by atoms with van der Waals surface area (Å²) in [7, 11) is 0. The third kappa shape index (κ3) is 7.15. The number of nitrogens with zero attached hydrogens (tertiary/aromatic N) is 2. The van der Waals surface area contributed by atoms with E-state index in [1.54, 1.807) is 0 Å². The molecule has 1 fully saturated rings. The van der Waals surface area contributed by atoms with Crippen molar-refractivity contribution >= 4 is 12.1 Å². The molecule has 0 aromatic heterocycles. The zero-order valence-electron chi connectivity index (χ0n) is 5.71. The molecule has 0 aromatic rings. The number of hydrogen-bond acceptors (Lipinski definition) is 2. The summed E-state index contributed by atoms with van der Waals surface area (Å²) in [5.41, 5.74) is 0. The second-order valence-corrected chi connectivity index (χ2v) is 0.789. The molecular formula is C4H6N2O2U2. The van der Waals surface area contributed by atoms with Crippen molar-refractivity contribution in [1.82, 2.24) is 0 Å². The molecule has 4 nitrogen and oxygen atoms in total. The Morgan fingerprint density at radius 1 is 0.800 bits per heavy atom. The van der Waals surface area contributed by atoms with Gasteiger partial charge in [-0.05, 0) is 12.1 Å². The van der Waals surface area contributed by atoms with Gasteiger partial charge < -0.3 is 35.1 Å². The van der Waals surface area contributed by atoms with Crippen LogP contribution in [0.2, 0.25) is 0 Å². The van der Waals surface area contributed by atoms with Crippen LogP contribution in [0.5, 0.6) is 0 Å². The molecule has 0 bridgehead atoms. The van der Waals surface area contributed by atoms with E-state index in [4.69, 9.17) is 0 Å². The van der Waals surface area contributed by atoms with E-state index in [9.17, 15) is 9.59 Å². The van der Waals surface area contributed by atoms with Gasteiger partial charge in [0.15, 0.2) is 0 Å². The summed E-state index contributed by atoms with van der Waals surface area (Å²) in [6, 6.07) is -1.33. The Bertz CT molecular complexity index is 95.8. The van der Waals surface area contributed by atoms with Gasteiger partial charge in [0.25, 0.3) is 0 Å². The smallest absolute Gasteiger partial charge is 0.628 e. The molecule has 0 aromatic carbocycles. The molecule has 1 heterocycles. The van der Waals surface area contributed by atoms with Crippen molar-refractivity contribution in [3.63, 3.8) is 0 Å². The van der Waals surface area contributed by atoms with E-state index < -0.39 is 12.1 Å². The molecule has 6 heteroatoms. The minimum absolute atomic E-state index is 0. The molecule has 4 amide bonds. The van der Waals surface area contributed by atoms with E-state index in [0.717, 1.165) is 0 Å². The summed E-state index contributed by atoms with van der Waals surface area (Å²) >= 11 is 0. The number of carbonyl (C=O) groups is 2. The Morgan fingerprint density at radius 3 is 1.00 bits per heavy atom. The zero-order valence-corrected chi connectivity index (χ0v) is 14.0. The summed E-state index contributed by atoms with van der Waals surface area (Å²) in [4.78, 5) is 19.1. The maximum Gasteiger partial charge on any atom is 2.00 e. The number of hydrogen-bond donors (Lipinski definition) is 0. The van der Waals surface area contributed by atoms with Crippen molar-refractivity contribution in [2.75, 3.05) is 0 Å². The van der Waals surface area contributed by atoms with Crippen LogP contribution >= 0.6 is 0 Å². The van der Waals surface area contributed by atoms with E-state index >= 15 is 0 Å². The van der Waals surface area contributed by atoms with Gasteiger partial charge in [0.1, 0.15) is 0 Å². The van der Waals surface area contributed by atoms with Crippen LogP contribution in [-0.4, -0.2) is 12.1 Å². The molecule has 10 heavy (non-hydrogen) atoms. The normalized spacial score (nSPS) is 10.8. The fourth-order valence-electron chi connectivity index (χ4n) is 0.169. The largest absolute Gasteiger partial charge is 2.00 e. The molecule has 0 N–H and O–H groups in total. The molecule has 1 aliphatic heterocycles. The van der Waals surface area contributed by atoms with Crippen molar-refractivity contribution < 1.29 is 71.8 Å². The van der Waals surface area contributed by atoms with Gasteiger partial charge in [0.2, 0.25) is 0 Å². The van der Waals surface area contributed by atoms with E-state index in [-0.39, 0.29) is 77.1 Å². The number of carbonyl (C=O) groups excluding carboxylic acids is 2. The van der Waals surface area contributed by atoms with Crippen molar-refractivity contribution in [1.29, 1.82) is 0 Å². The zero-order chi connectivity index (χ0) is 4.57. The summed E-state index contributed by atoms with van der Waals surface area (Å²) in [5.74, 6) is 0. The van der Waals surface area contributed by atoms with Gasteiger partial charge in [-0.2, -0.15) is 0 Å². The maximum atomic E-state index is 9.56. The topological polar surface area (TPSA) is 62.3 Å². The van der Waals surface area contributed by atoms with E-state index in [1.165, 1.54) is 0 Å². The Labute approximate surface area is 108 Å². The molecule has 52 valence electrons. The summed E-state index contributed by atoms with van der Waals surface area (Å²) in [5, 5.41) is 5.56. The number of imide groups is 2. The molecular weight excluding hydrogens is 584 g/mol. The van der Waals surface area contributed by atoms with Gasteiger partial charge in [-0.15, -0.1) is 0 Å². The first-order valence-corrected chi connectivity index (χ1v) is 1.30. The van der Waals surface area contributed by atoms with Crippen LogP contribution in [0.4, 0.5) is 9.59 Å². The molecule has 0 spiro atoms. The van der Waals surface area contributed by atoms with Crippen LogP contribution in [-0.2, 0) is 0 Å². The quantitative estimate of drug-likeness (QED) is 0.405. The standard InChI is InChI=1S/C2H2N2O2.2CH3.2U/c5-1-3-2(6)4-1;;;;/h(H2,3,4,5,6);2*1H3;;/q;2*-1;2*+2/p-2. The van der Waals surface area contributed by atoms with E-state index in [2.05, 4.69) is 10.6 Å². The molecule has 0 unspecified atom stereocenters. The van der Waals surface area contributed by atoms with Crippen LogP contribution < -0.4 is 0 Å². The average molecular weight is 590 g/mol. The van der Waals surface area contributed by atoms with Gasteiger partial charge >= 0.3 is 62.2 Å². The number of rotatable bonds is 0. The van der Waals surface area contributed by atoms with Crippen molar-refractivity contribution in [2.24, 2.45) is 0 Å². The number of urea groups is 2. The first-order valence-electron chi connectivity index (χ1n) is 1.30. The van der Waals surface area contributed by atoms with Crippen LogP contribution in [0.3, 0.4) is 0 Å². The van der Waals surface area contributed by atoms with Crippen molar-refractivity contribution in [3.8, 4) is 0 Å². The Hall–Kier alpha value is 1.04. The summed E-state index contributed by atoms with van der Waals surface area (Å²) in [6.45, 7) is 0. The fourth-order valence-corrected chi connectivity index (χ4v) is 0.169. The monoisotopic (exact) mass is 590 g/mol. The Kier molecular flexibility index (Phi) is 22.6. The van der Waals surface area contributed by atoms with Crippen molar-refractivity contribution in [3.05, 3.63) is 25.5 Å². The molecule has 0 radical (unpaired) electrons. The first kappa shape index (κ1) is 22.5. The van der Waals surface area contributed by atoms with Crippen LogP contribution in [0, 0.1) is 77.1 Å². The molecule has 1 aliphatic rings. The first-order chi connectivity index (χ1) is 2.79.